The van der Waals surface area contributed by atoms with Gasteiger partial charge in [0.15, 0.2) is 11.5 Å². The van der Waals surface area contributed by atoms with Gasteiger partial charge in [-0.1, -0.05) is 18.9 Å². The molecule has 10 heteroatoms. The van der Waals surface area contributed by atoms with E-state index in [9.17, 15) is 18.5 Å². The van der Waals surface area contributed by atoms with Crippen molar-refractivity contribution in [2.24, 2.45) is 5.14 Å². The number of nitro groups is 1. The van der Waals surface area contributed by atoms with Crippen LogP contribution in [-0.4, -0.2) is 33.1 Å². The predicted octanol–water partition coefficient (Wildman–Crippen LogP) is 2.94. The van der Waals surface area contributed by atoms with E-state index in [1.165, 1.54) is 12.1 Å². The minimum Gasteiger partial charge on any atom is -0.486 e. The highest BCUT2D eigenvalue weighted by Gasteiger charge is 2.37. The topological polar surface area (TPSA) is 134 Å². The Labute approximate surface area is 174 Å². The molecule has 1 aliphatic carbocycles. The first-order chi connectivity index (χ1) is 14.3. The molecule has 30 heavy (non-hydrogen) atoms. The Balaban J connectivity index is 1.63. The molecule has 0 spiro atoms. The maximum atomic E-state index is 11.6. The third-order valence-electron chi connectivity index (χ3n) is 5.83. The summed E-state index contributed by atoms with van der Waals surface area (Å²) < 4.78 is 34.4. The minimum absolute atomic E-state index is 0.206. The summed E-state index contributed by atoms with van der Waals surface area (Å²) in [7, 11) is -4.03. The molecule has 160 valence electrons. The second kappa shape index (κ2) is 7.77. The van der Waals surface area contributed by atoms with Crippen molar-refractivity contribution in [2.75, 3.05) is 25.1 Å². The monoisotopic (exact) mass is 433 g/mol. The van der Waals surface area contributed by atoms with Gasteiger partial charge < -0.3 is 14.8 Å². The fourth-order valence-electron chi connectivity index (χ4n) is 4.25. The number of fused-ring (bicyclic) bond motifs is 1. The average Bonchev–Trinajstić information content (AvgIpc) is 3.21. The number of nitrogens with zero attached hydrogens (tertiary/aromatic N) is 1. The molecule has 3 N–H and O–H groups in total. The molecule has 2 aliphatic rings. The molecule has 0 amide bonds. The third kappa shape index (κ3) is 3.92. The molecule has 2 aromatic rings. The number of hydrogen-bond acceptors (Lipinski definition) is 7. The van der Waals surface area contributed by atoms with Gasteiger partial charge in [0.1, 0.15) is 18.9 Å². The molecule has 1 saturated carbocycles. The first-order valence-electron chi connectivity index (χ1n) is 9.74. The third-order valence-corrected chi connectivity index (χ3v) is 6.74. The van der Waals surface area contributed by atoms with Crippen LogP contribution < -0.4 is 19.9 Å². The fourth-order valence-corrected chi connectivity index (χ4v) is 4.78. The lowest BCUT2D eigenvalue weighted by atomic mass is 9.78. The molecule has 1 fully saturated rings. The number of rotatable bonds is 6. The number of anilines is 1. The van der Waals surface area contributed by atoms with Crippen LogP contribution in [0, 0.1) is 10.1 Å². The molecule has 2 aromatic carbocycles. The van der Waals surface area contributed by atoms with Crippen molar-refractivity contribution in [3.05, 3.63) is 52.1 Å². The Morgan fingerprint density at radius 1 is 1.07 bits per heavy atom. The summed E-state index contributed by atoms with van der Waals surface area (Å²) in [6.07, 6.45) is 3.98. The molecule has 0 aromatic heterocycles. The number of sulfonamides is 1. The lowest BCUT2D eigenvalue weighted by Gasteiger charge is -2.31. The van der Waals surface area contributed by atoms with Crippen LogP contribution in [0.5, 0.6) is 11.5 Å². The second-order valence-electron chi connectivity index (χ2n) is 7.68. The fraction of sp³-hybridized carbons (Fsp3) is 0.400. The van der Waals surface area contributed by atoms with Gasteiger partial charge in [-0.05, 0) is 42.7 Å². The summed E-state index contributed by atoms with van der Waals surface area (Å²) in [6.45, 7) is 1.50. The SMILES string of the molecule is NS(=O)(=O)c1ccc(NCC2(c3ccc4c(c3)OCCO4)CCCC2)c([N+](=O)[O-])c1. The molecule has 4 rings (SSSR count). The predicted molar refractivity (Wildman–Crippen MR) is 111 cm³/mol. The molecular weight excluding hydrogens is 410 g/mol. The van der Waals surface area contributed by atoms with Crippen LogP contribution in [0.3, 0.4) is 0 Å². The van der Waals surface area contributed by atoms with Gasteiger partial charge in [-0.15, -0.1) is 0 Å². The van der Waals surface area contributed by atoms with Crippen LogP contribution >= 0.6 is 0 Å². The van der Waals surface area contributed by atoms with Gasteiger partial charge >= 0.3 is 0 Å². The van der Waals surface area contributed by atoms with Crippen LogP contribution in [0.4, 0.5) is 11.4 Å². The number of benzene rings is 2. The van der Waals surface area contributed by atoms with Gasteiger partial charge in [0.25, 0.3) is 5.69 Å². The summed E-state index contributed by atoms with van der Waals surface area (Å²) in [5.41, 5.74) is 0.830. The van der Waals surface area contributed by atoms with Crippen molar-refractivity contribution < 1.29 is 22.8 Å². The van der Waals surface area contributed by atoms with E-state index < -0.39 is 14.9 Å². The zero-order valence-corrected chi connectivity index (χ0v) is 17.1. The Morgan fingerprint density at radius 3 is 2.43 bits per heavy atom. The molecule has 0 bridgehead atoms. The van der Waals surface area contributed by atoms with E-state index in [0.717, 1.165) is 43.1 Å². The molecule has 9 nitrogen and oxygen atoms in total. The molecule has 0 atom stereocenters. The number of nitrogens with two attached hydrogens (primary N) is 1. The summed E-state index contributed by atoms with van der Waals surface area (Å²) in [5, 5.41) is 19.8. The van der Waals surface area contributed by atoms with Gasteiger partial charge in [-0.25, -0.2) is 13.6 Å². The van der Waals surface area contributed by atoms with Crippen LogP contribution in [0.15, 0.2) is 41.3 Å². The van der Waals surface area contributed by atoms with E-state index in [4.69, 9.17) is 14.6 Å². The zero-order chi connectivity index (χ0) is 21.4. The maximum Gasteiger partial charge on any atom is 0.293 e. The van der Waals surface area contributed by atoms with Crippen molar-refractivity contribution >= 4 is 21.4 Å². The number of ether oxygens (including phenoxy) is 2. The van der Waals surface area contributed by atoms with Crippen molar-refractivity contribution in [1.29, 1.82) is 0 Å². The molecule has 1 heterocycles. The Morgan fingerprint density at radius 2 is 1.77 bits per heavy atom. The standard InChI is InChI=1S/C20H23N3O6S/c21-30(26,27)15-4-5-16(17(12-15)23(24)25)22-13-20(7-1-2-8-20)14-3-6-18-19(11-14)29-10-9-28-18/h3-6,11-12,22H,1-2,7-10,13H2,(H2,21,26,27). The molecule has 0 unspecified atom stereocenters. The lowest BCUT2D eigenvalue weighted by molar-refractivity contribution is -0.384. The average molecular weight is 433 g/mol. The second-order valence-corrected chi connectivity index (χ2v) is 9.24. The summed E-state index contributed by atoms with van der Waals surface area (Å²) in [4.78, 5) is 10.6. The molecule has 0 saturated heterocycles. The normalized spacial score (nSPS) is 17.5. The summed E-state index contributed by atoms with van der Waals surface area (Å²) >= 11 is 0. The highest BCUT2D eigenvalue weighted by atomic mass is 32.2. The first-order valence-corrected chi connectivity index (χ1v) is 11.3. The molecule has 0 radical (unpaired) electrons. The quantitative estimate of drug-likeness (QED) is 0.528. The minimum atomic E-state index is -4.03. The van der Waals surface area contributed by atoms with E-state index in [0.29, 0.717) is 25.5 Å². The number of nitrogens with one attached hydrogen (secondary N) is 1. The van der Waals surface area contributed by atoms with Crippen LogP contribution in [0.25, 0.3) is 0 Å². The molecule has 1 aliphatic heterocycles. The lowest BCUT2D eigenvalue weighted by Crippen LogP contribution is -2.32. The summed E-state index contributed by atoms with van der Waals surface area (Å²) in [6, 6.07) is 9.59. The van der Waals surface area contributed by atoms with E-state index >= 15 is 0 Å². The summed E-state index contributed by atoms with van der Waals surface area (Å²) in [5.74, 6) is 1.44. The van der Waals surface area contributed by atoms with Crippen molar-refractivity contribution in [2.45, 2.75) is 36.0 Å². The Bertz CT molecular complexity index is 1080. The van der Waals surface area contributed by atoms with Gasteiger partial charge in [0.05, 0.1) is 9.82 Å². The van der Waals surface area contributed by atoms with E-state index in [-0.39, 0.29) is 21.7 Å². The van der Waals surface area contributed by atoms with Crippen LogP contribution in [0.2, 0.25) is 0 Å². The van der Waals surface area contributed by atoms with Gasteiger partial charge in [0, 0.05) is 18.0 Å². The highest BCUT2D eigenvalue weighted by Crippen LogP contribution is 2.44. The Hall–Kier alpha value is -2.85. The Kier molecular flexibility index (Phi) is 5.29. The number of primary sulfonamides is 1. The van der Waals surface area contributed by atoms with Gasteiger partial charge in [0.2, 0.25) is 10.0 Å². The number of hydrogen-bond donors (Lipinski definition) is 2. The first kappa shape index (κ1) is 20.4. The maximum absolute atomic E-state index is 11.6. The smallest absolute Gasteiger partial charge is 0.293 e. The van der Waals surface area contributed by atoms with E-state index in [1.54, 1.807) is 0 Å². The van der Waals surface area contributed by atoms with E-state index in [1.807, 2.05) is 18.2 Å². The zero-order valence-electron chi connectivity index (χ0n) is 16.3. The van der Waals surface area contributed by atoms with Gasteiger partial charge in [-0.2, -0.15) is 0 Å². The van der Waals surface area contributed by atoms with E-state index in [2.05, 4.69) is 5.32 Å². The van der Waals surface area contributed by atoms with Crippen LogP contribution in [0.1, 0.15) is 31.2 Å². The van der Waals surface area contributed by atoms with Crippen molar-refractivity contribution in [1.82, 2.24) is 0 Å². The van der Waals surface area contributed by atoms with Crippen LogP contribution in [-0.2, 0) is 15.4 Å². The van der Waals surface area contributed by atoms with Crippen molar-refractivity contribution in [3.63, 3.8) is 0 Å². The highest BCUT2D eigenvalue weighted by molar-refractivity contribution is 7.89. The largest absolute Gasteiger partial charge is 0.486 e. The van der Waals surface area contributed by atoms with Gasteiger partial charge in [-0.3, -0.25) is 10.1 Å². The number of nitro benzene ring substituents is 1. The molecular formula is C20H23N3O6S. The van der Waals surface area contributed by atoms with Crippen molar-refractivity contribution in [3.8, 4) is 11.5 Å².